The maximum atomic E-state index is 12.9. The Bertz CT molecular complexity index is 476. The van der Waals surface area contributed by atoms with Crippen LogP contribution in [-0.2, 0) is 6.18 Å². The van der Waals surface area contributed by atoms with E-state index in [1.807, 2.05) is 4.90 Å². The second-order valence-electron chi connectivity index (χ2n) is 4.99. The second kappa shape index (κ2) is 8.34. The number of alkyl halides is 4. The first-order valence-electron chi connectivity index (χ1n) is 6.81. The van der Waals surface area contributed by atoms with Crippen molar-refractivity contribution in [3.8, 4) is 0 Å². The monoisotopic (exact) mass is 360 g/mol. The molecule has 1 fully saturated rings. The van der Waals surface area contributed by atoms with Gasteiger partial charge in [0.1, 0.15) is 0 Å². The molecule has 126 valence electrons. The maximum Gasteiger partial charge on any atom is 0.417 e. The van der Waals surface area contributed by atoms with Gasteiger partial charge in [-0.05, 0) is 18.1 Å². The van der Waals surface area contributed by atoms with Crippen molar-refractivity contribution in [3.05, 3.63) is 34.3 Å². The molecular weight excluding hydrogens is 343 g/mol. The third-order valence-electron chi connectivity index (χ3n) is 3.67. The third kappa shape index (κ3) is 4.47. The first kappa shape index (κ1) is 19.5. The highest BCUT2D eigenvalue weighted by atomic mass is 35.5. The smallest absolute Gasteiger partial charge is 0.314 e. The zero-order chi connectivity index (χ0) is 15.5. The number of hydrogen-bond donors (Lipinski definition) is 1. The Labute approximate surface area is 138 Å². The Kier molecular flexibility index (Phi) is 7.38. The molecular formula is C14H18Cl2F4N2. The zero-order valence-electron chi connectivity index (χ0n) is 11.8. The highest BCUT2D eigenvalue weighted by Gasteiger charge is 2.35. The Morgan fingerprint density at radius 3 is 2.41 bits per heavy atom. The van der Waals surface area contributed by atoms with Crippen molar-refractivity contribution in [3.63, 3.8) is 0 Å². The van der Waals surface area contributed by atoms with Crippen LogP contribution >= 0.6 is 24.0 Å². The normalized spacial score (nSPS) is 17.9. The van der Waals surface area contributed by atoms with Crippen LogP contribution in [0, 0.1) is 0 Å². The summed E-state index contributed by atoms with van der Waals surface area (Å²) in [6, 6.07) is 3.42. The summed E-state index contributed by atoms with van der Waals surface area (Å²) in [4.78, 5) is 1.98. The molecule has 1 aliphatic rings. The lowest BCUT2D eigenvalue weighted by molar-refractivity contribution is -0.137. The van der Waals surface area contributed by atoms with Gasteiger partial charge in [-0.2, -0.15) is 13.2 Å². The fourth-order valence-electron chi connectivity index (χ4n) is 2.66. The second-order valence-corrected chi connectivity index (χ2v) is 5.36. The predicted molar refractivity (Wildman–Crippen MR) is 81.5 cm³/mol. The minimum atomic E-state index is -4.50. The van der Waals surface area contributed by atoms with E-state index < -0.39 is 24.5 Å². The summed E-state index contributed by atoms with van der Waals surface area (Å²) in [5.41, 5.74) is -0.508. The van der Waals surface area contributed by atoms with E-state index in [9.17, 15) is 17.6 Å². The molecule has 2 nitrogen and oxygen atoms in total. The summed E-state index contributed by atoms with van der Waals surface area (Å²) in [6.07, 6.45) is -4.36. The summed E-state index contributed by atoms with van der Waals surface area (Å²) in [6.45, 7) is 2.20. The van der Waals surface area contributed by atoms with Crippen molar-refractivity contribution in [2.24, 2.45) is 0 Å². The molecule has 0 amide bonds. The summed E-state index contributed by atoms with van der Waals surface area (Å²) in [5.74, 6) is 0. The quantitative estimate of drug-likeness (QED) is 0.813. The lowest BCUT2D eigenvalue weighted by atomic mass is 9.99. The van der Waals surface area contributed by atoms with Crippen LogP contribution in [0.5, 0.6) is 0 Å². The van der Waals surface area contributed by atoms with Crippen LogP contribution in [0.1, 0.15) is 23.6 Å². The molecule has 1 aromatic rings. The van der Waals surface area contributed by atoms with Crippen LogP contribution in [-0.4, -0.2) is 37.8 Å². The van der Waals surface area contributed by atoms with Gasteiger partial charge in [-0.15, -0.1) is 12.4 Å². The van der Waals surface area contributed by atoms with E-state index in [2.05, 4.69) is 5.32 Å². The first-order valence-corrected chi connectivity index (χ1v) is 7.19. The van der Waals surface area contributed by atoms with E-state index >= 15 is 0 Å². The minimum Gasteiger partial charge on any atom is -0.314 e. The van der Waals surface area contributed by atoms with E-state index in [1.54, 1.807) is 6.07 Å². The molecule has 1 atom stereocenters. The molecule has 0 aliphatic carbocycles. The number of hydrogen-bond acceptors (Lipinski definition) is 2. The van der Waals surface area contributed by atoms with Crippen molar-refractivity contribution in [1.29, 1.82) is 0 Å². The fraction of sp³-hybridized carbons (Fsp3) is 0.571. The van der Waals surface area contributed by atoms with Crippen LogP contribution < -0.4 is 5.32 Å². The summed E-state index contributed by atoms with van der Waals surface area (Å²) >= 11 is 5.96. The molecule has 2 rings (SSSR count). The average molecular weight is 361 g/mol. The largest absolute Gasteiger partial charge is 0.417 e. The molecule has 1 N–H and O–H groups in total. The number of piperazine rings is 1. The lowest BCUT2D eigenvalue weighted by Gasteiger charge is -2.35. The number of nitrogens with zero attached hydrogens (tertiary/aromatic N) is 1. The Hall–Kier alpha value is -0.560. The third-order valence-corrected chi connectivity index (χ3v) is 4.09. The van der Waals surface area contributed by atoms with Crippen LogP contribution in [0.15, 0.2) is 18.2 Å². The Morgan fingerprint density at radius 1 is 1.23 bits per heavy atom. The van der Waals surface area contributed by atoms with Gasteiger partial charge in [0, 0.05) is 32.2 Å². The van der Waals surface area contributed by atoms with E-state index in [0.717, 1.165) is 19.2 Å². The van der Waals surface area contributed by atoms with E-state index in [0.29, 0.717) is 18.7 Å². The number of rotatable bonds is 4. The molecule has 1 aliphatic heterocycles. The molecule has 1 aromatic carbocycles. The highest BCUT2D eigenvalue weighted by molar-refractivity contribution is 6.32. The van der Waals surface area contributed by atoms with Crippen LogP contribution in [0.4, 0.5) is 17.6 Å². The molecule has 0 radical (unpaired) electrons. The Morgan fingerprint density at radius 2 is 1.86 bits per heavy atom. The zero-order valence-corrected chi connectivity index (χ0v) is 13.4. The van der Waals surface area contributed by atoms with Gasteiger partial charge in [0.15, 0.2) is 0 Å². The van der Waals surface area contributed by atoms with Gasteiger partial charge >= 0.3 is 6.18 Å². The molecule has 0 saturated carbocycles. The predicted octanol–water partition coefficient (Wildman–Crippen LogP) is 4.09. The van der Waals surface area contributed by atoms with Crippen molar-refractivity contribution in [2.45, 2.75) is 18.6 Å². The molecule has 0 aromatic heterocycles. The molecule has 1 heterocycles. The standard InChI is InChI=1S/C14H17ClF4N2.ClH/c15-13-10(2-1-3-11(13)14(17,18)19)12(4-5-16)21-8-6-20-7-9-21;/h1-3,12,20H,4-9H2;1H/t12-;/m0./s1. The van der Waals surface area contributed by atoms with Gasteiger partial charge in [0.25, 0.3) is 0 Å². The topological polar surface area (TPSA) is 15.3 Å². The van der Waals surface area contributed by atoms with Crippen molar-refractivity contribution in [2.75, 3.05) is 32.9 Å². The summed E-state index contributed by atoms with van der Waals surface area (Å²) in [5, 5.41) is 2.85. The van der Waals surface area contributed by atoms with E-state index in [-0.39, 0.29) is 23.9 Å². The summed E-state index contributed by atoms with van der Waals surface area (Å²) in [7, 11) is 0. The van der Waals surface area contributed by atoms with E-state index in [1.165, 1.54) is 6.07 Å². The molecule has 22 heavy (non-hydrogen) atoms. The molecule has 1 saturated heterocycles. The van der Waals surface area contributed by atoms with Crippen molar-refractivity contribution in [1.82, 2.24) is 10.2 Å². The van der Waals surface area contributed by atoms with Gasteiger partial charge in [0.2, 0.25) is 0 Å². The van der Waals surface area contributed by atoms with Gasteiger partial charge in [-0.25, -0.2) is 0 Å². The average Bonchev–Trinajstić information content (AvgIpc) is 2.45. The van der Waals surface area contributed by atoms with E-state index in [4.69, 9.17) is 11.6 Å². The lowest BCUT2D eigenvalue weighted by Crippen LogP contribution is -2.45. The summed E-state index contributed by atoms with van der Waals surface area (Å²) < 4.78 is 51.7. The van der Waals surface area contributed by atoms with Crippen LogP contribution in [0.25, 0.3) is 0 Å². The van der Waals surface area contributed by atoms with Crippen molar-refractivity contribution >= 4 is 24.0 Å². The molecule has 0 bridgehead atoms. The van der Waals surface area contributed by atoms with Crippen LogP contribution in [0.2, 0.25) is 5.02 Å². The molecule has 0 spiro atoms. The van der Waals surface area contributed by atoms with Gasteiger partial charge in [0.05, 0.1) is 17.3 Å². The molecule has 0 unspecified atom stereocenters. The SMILES string of the molecule is Cl.FCC[C@@H](c1cccc(C(F)(F)F)c1Cl)N1CCNCC1. The number of halogens is 6. The molecule has 8 heteroatoms. The number of benzene rings is 1. The number of nitrogens with one attached hydrogen (secondary N) is 1. The first-order chi connectivity index (χ1) is 9.95. The van der Waals surface area contributed by atoms with Crippen molar-refractivity contribution < 1.29 is 17.6 Å². The van der Waals surface area contributed by atoms with Gasteiger partial charge in [-0.3, -0.25) is 9.29 Å². The van der Waals surface area contributed by atoms with Crippen LogP contribution in [0.3, 0.4) is 0 Å². The maximum absolute atomic E-state index is 12.9. The van der Waals surface area contributed by atoms with Gasteiger partial charge in [-0.1, -0.05) is 23.7 Å². The van der Waals surface area contributed by atoms with Gasteiger partial charge < -0.3 is 5.32 Å². The Balaban J connectivity index is 0.00000242. The highest BCUT2D eigenvalue weighted by Crippen LogP contribution is 2.40. The minimum absolute atomic E-state index is 0. The fourth-order valence-corrected chi connectivity index (χ4v) is 3.02.